The smallest absolute Gasteiger partial charge is 0.208 e. The fourth-order valence-electron chi connectivity index (χ4n) is 2.33. The molecule has 0 saturated carbocycles. The molecule has 1 saturated heterocycles. The fraction of sp³-hybridized carbons (Fsp3) is 0.786. The van der Waals surface area contributed by atoms with Gasteiger partial charge >= 0.3 is 0 Å². The zero-order valence-electron chi connectivity index (χ0n) is 11.1. The van der Waals surface area contributed by atoms with Gasteiger partial charge in [-0.2, -0.15) is 0 Å². The molecule has 2 aliphatic rings. The summed E-state index contributed by atoms with van der Waals surface area (Å²) in [7, 11) is 0. The summed E-state index contributed by atoms with van der Waals surface area (Å²) in [4.78, 5) is 6.95. The van der Waals surface area contributed by atoms with Crippen LogP contribution in [0.25, 0.3) is 0 Å². The van der Waals surface area contributed by atoms with E-state index in [1.54, 1.807) is 0 Å². The highest BCUT2D eigenvalue weighted by Crippen LogP contribution is 2.16. The van der Waals surface area contributed by atoms with E-state index < -0.39 is 0 Å². The van der Waals surface area contributed by atoms with E-state index in [1.165, 1.54) is 25.9 Å². The normalized spacial score (nSPS) is 25.4. The molecule has 2 heterocycles. The van der Waals surface area contributed by atoms with Crippen molar-refractivity contribution in [3.05, 3.63) is 12.2 Å². The monoisotopic (exact) mass is 236 g/mol. The molecule has 96 valence electrons. The van der Waals surface area contributed by atoms with Gasteiger partial charge in [0.05, 0.1) is 0 Å². The third-order valence-electron chi connectivity index (χ3n) is 3.66. The molecule has 1 atom stereocenters. The van der Waals surface area contributed by atoms with Gasteiger partial charge in [-0.3, -0.25) is 9.89 Å². The molecule has 0 bridgehead atoms. The Balaban J connectivity index is 1.65. The Morgan fingerprint density at radius 2 is 2.18 bits per heavy atom. The maximum absolute atomic E-state index is 5.69. The summed E-state index contributed by atoms with van der Waals surface area (Å²) >= 11 is 0. The average molecular weight is 236 g/mol. The lowest BCUT2D eigenvalue weighted by Crippen LogP contribution is -2.25. The molecule has 0 aliphatic carbocycles. The minimum atomic E-state index is 0.584. The van der Waals surface area contributed by atoms with Gasteiger partial charge in [0.25, 0.3) is 0 Å². The molecule has 0 spiro atoms. The summed E-state index contributed by atoms with van der Waals surface area (Å²) in [5.74, 6) is 2.07. The minimum Gasteiger partial charge on any atom is -0.477 e. The molecule has 3 heteroatoms. The molecule has 0 N–H and O–H groups in total. The van der Waals surface area contributed by atoms with Gasteiger partial charge < -0.3 is 4.74 Å². The van der Waals surface area contributed by atoms with Crippen LogP contribution in [0.3, 0.4) is 0 Å². The molecule has 2 rings (SSSR count). The van der Waals surface area contributed by atoms with E-state index in [-0.39, 0.29) is 0 Å². The summed E-state index contributed by atoms with van der Waals surface area (Å²) in [6, 6.07) is 0. The van der Waals surface area contributed by atoms with Crippen molar-refractivity contribution in [1.29, 1.82) is 0 Å². The van der Waals surface area contributed by atoms with Crippen LogP contribution in [0.2, 0.25) is 0 Å². The highest BCUT2D eigenvalue weighted by molar-refractivity contribution is 5.88. The van der Waals surface area contributed by atoms with E-state index in [4.69, 9.17) is 4.74 Å². The third kappa shape index (κ3) is 3.84. The topological polar surface area (TPSA) is 24.8 Å². The van der Waals surface area contributed by atoms with Crippen molar-refractivity contribution in [1.82, 2.24) is 4.90 Å². The Morgan fingerprint density at radius 3 is 2.76 bits per heavy atom. The van der Waals surface area contributed by atoms with Gasteiger partial charge in [0.2, 0.25) is 5.90 Å². The maximum atomic E-state index is 5.69. The number of aliphatic imine (C=N–C) groups is 1. The number of hydrogen-bond acceptors (Lipinski definition) is 3. The number of ether oxygens (including phenoxy) is 1. The first kappa shape index (κ1) is 12.6. The van der Waals surface area contributed by atoms with Crippen LogP contribution in [0.5, 0.6) is 0 Å². The molecule has 1 fully saturated rings. The molecular formula is C14H24N2O. The Hall–Kier alpha value is -0.830. The van der Waals surface area contributed by atoms with Crippen molar-refractivity contribution in [3.63, 3.8) is 0 Å². The van der Waals surface area contributed by atoms with Gasteiger partial charge in [-0.15, -0.1) is 0 Å². The number of rotatable bonds is 4. The van der Waals surface area contributed by atoms with Gasteiger partial charge in [0.15, 0.2) is 0 Å². The molecule has 2 aliphatic heterocycles. The van der Waals surface area contributed by atoms with Crippen LogP contribution in [0, 0.1) is 11.8 Å². The van der Waals surface area contributed by atoms with Crippen LogP contribution in [-0.4, -0.2) is 43.6 Å². The van der Waals surface area contributed by atoms with E-state index in [0.29, 0.717) is 11.8 Å². The summed E-state index contributed by atoms with van der Waals surface area (Å²) in [5, 5.41) is 0. The summed E-state index contributed by atoms with van der Waals surface area (Å²) < 4.78 is 5.69. The van der Waals surface area contributed by atoms with Crippen LogP contribution in [0.15, 0.2) is 17.1 Å². The molecule has 0 aromatic rings. The van der Waals surface area contributed by atoms with Crippen LogP contribution in [0.4, 0.5) is 0 Å². The Labute approximate surface area is 105 Å². The molecule has 17 heavy (non-hydrogen) atoms. The van der Waals surface area contributed by atoms with Crippen molar-refractivity contribution in [2.24, 2.45) is 16.8 Å². The molecule has 1 unspecified atom stereocenters. The van der Waals surface area contributed by atoms with Crippen molar-refractivity contribution >= 4 is 5.90 Å². The second kappa shape index (κ2) is 6.20. The van der Waals surface area contributed by atoms with Crippen molar-refractivity contribution < 1.29 is 4.74 Å². The zero-order valence-corrected chi connectivity index (χ0v) is 11.1. The van der Waals surface area contributed by atoms with Crippen LogP contribution in [-0.2, 0) is 4.74 Å². The summed E-state index contributed by atoms with van der Waals surface area (Å²) in [6.45, 7) is 9.65. The number of nitrogens with zero attached hydrogens (tertiary/aromatic N) is 2. The first-order valence-corrected chi connectivity index (χ1v) is 6.83. The number of likely N-dealkylation sites (tertiary alicyclic amines) is 1. The van der Waals surface area contributed by atoms with Crippen LogP contribution >= 0.6 is 0 Å². The second-order valence-electron chi connectivity index (χ2n) is 5.34. The molecule has 3 nitrogen and oxygen atoms in total. The highest BCUT2D eigenvalue weighted by atomic mass is 16.5. The summed E-state index contributed by atoms with van der Waals surface area (Å²) in [6.07, 6.45) is 6.97. The first-order valence-electron chi connectivity index (χ1n) is 6.83. The van der Waals surface area contributed by atoms with E-state index in [1.807, 2.05) is 6.08 Å². The van der Waals surface area contributed by atoms with E-state index in [9.17, 15) is 0 Å². The number of hydrogen-bond donors (Lipinski definition) is 0. The molecule has 0 aromatic heterocycles. The van der Waals surface area contributed by atoms with Crippen molar-refractivity contribution in [2.75, 3.05) is 32.8 Å². The van der Waals surface area contributed by atoms with Crippen molar-refractivity contribution in [3.8, 4) is 0 Å². The van der Waals surface area contributed by atoms with Crippen molar-refractivity contribution in [2.45, 2.75) is 26.7 Å². The fourth-order valence-corrected chi connectivity index (χ4v) is 2.33. The lowest BCUT2D eigenvalue weighted by atomic mass is 9.94. The predicted molar refractivity (Wildman–Crippen MR) is 71.4 cm³/mol. The van der Waals surface area contributed by atoms with Gasteiger partial charge in [0, 0.05) is 13.1 Å². The average Bonchev–Trinajstić information content (AvgIpc) is 2.83. The van der Waals surface area contributed by atoms with Crippen LogP contribution < -0.4 is 0 Å². The van der Waals surface area contributed by atoms with E-state index >= 15 is 0 Å². The minimum absolute atomic E-state index is 0.584. The highest BCUT2D eigenvalue weighted by Gasteiger charge is 2.15. The lowest BCUT2D eigenvalue weighted by Gasteiger charge is -2.20. The maximum Gasteiger partial charge on any atom is 0.208 e. The predicted octanol–water partition coefficient (Wildman–Crippen LogP) is 2.34. The SMILES string of the molecule is CC(C)C1C=CC(OCCN2CCCC2)=NC1. The van der Waals surface area contributed by atoms with Gasteiger partial charge in [-0.1, -0.05) is 19.9 Å². The Morgan fingerprint density at radius 1 is 1.41 bits per heavy atom. The Bertz CT molecular complexity index is 291. The molecule has 0 amide bonds. The lowest BCUT2D eigenvalue weighted by molar-refractivity contribution is 0.229. The second-order valence-corrected chi connectivity index (χ2v) is 5.34. The van der Waals surface area contributed by atoms with Gasteiger partial charge in [0.1, 0.15) is 6.61 Å². The standard InChI is InChI=1S/C14H24N2O/c1-12(2)13-5-6-14(15-11-13)17-10-9-16-7-3-4-8-16/h5-6,12-13H,3-4,7-11H2,1-2H3. The first-order chi connectivity index (χ1) is 8.25. The van der Waals surface area contributed by atoms with E-state index in [2.05, 4.69) is 29.8 Å². The number of dihydropyridines is 1. The zero-order chi connectivity index (χ0) is 12.1. The molecule has 0 aromatic carbocycles. The summed E-state index contributed by atoms with van der Waals surface area (Å²) in [5.41, 5.74) is 0. The largest absolute Gasteiger partial charge is 0.477 e. The van der Waals surface area contributed by atoms with Crippen LogP contribution in [0.1, 0.15) is 26.7 Å². The van der Waals surface area contributed by atoms with Gasteiger partial charge in [-0.05, 0) is 43.8 Å². The molecular weight excluding hydrogens is 212 g/mol. The third-order valence-corrected chi connectivity index (χ3v) is 3.66. The van der Waals surface area contributed by atoms with E-state index in [0.717, 1.165) is 25.6 Å². The Kier molecular flexibility index (Phi) is 4.60. The van der Waals surface area contributed by atoms with Gasteiger partial charge in [-0.25, -0.2) is 0 Å². The quantitative estimate of drug-likeness (QED) is 0.748. The molecule has 0 radical (unpaired) electrons.